The van der Waals surface area contributed by atoms with E-state index in [1.807, 2.05) is 31.5 Å². The van der Waals surface area contributed by atoms with Crippen molar-refractivity contribution < 1.29 is 9.53 Å². The molecule has 1 atom stereocenters. The third-order valence-electron chi connectivity index (χ3n) is 7.07. The maximum Gasteiger partial charge on any atom is 0.255 e. The summed E-state index contributed by atoms with van der Waals surface area (Å²) in [5.41, 5.74) is 1.07. The minimum atomic E-state index is -0.535. The molecule has 160 valence electrons. The molecule has 1 aliphatic carbocycles. The van der Waals surface area contributed by atoms with Crippen LogP contribution >= 0.6 is 0 Å². The molecule has 2 aromatic heterocycles. The van der Waals surface area contributed by atoms with Gasteiger partial charge in [0.15, 0.2) is 6.10 Å². The van der Waals surface area contributed by atoms with Gasteiger partial charge >= 0.3 is 0 Å². The Morgan fingerprint density at radius 2 is 2.03 bits per heavy atom. The minimum Gasteiger partial charge on any atom is -0.352 e. The van der Waals surface area contributed by atoms with Crippen molar-refractivity contribution in [3.8, 4) is 0 Å². The van der Waals surface area contributed by atoms with E-state index in [-0.39, 0.29) is 5.91 Å². The van der Waals surface area contributed by atoms with Gasteiger partial charge in [0.05, 0.1) is 17.9 Å². The molecule has 5 rings (SSSR count). The van der Waals surface area contributed by atoms with Crippen LogP contribution in [0.4, 0.5) is 5.69 Å². The van der Waals surface area contributed by atoms with Crippen molar-refractivity contribution in [1.82, 2.24) is 19.4 Å². The second kappa shape index (κ2) is 8.12. The molecule has 7 heteroatoms. The number of carbonyl (C=O) groups excluding carboxylic acids is 1. The SMILES string of the molecule is Cc1ncccc1NC(=O)C1Cn2ccnc2C2(CCN(CC3CCCC3)CC2)O1. The Morgan fingerprint density at radius 1 is 1.23 bits per heavy atom. The first-order valence-corrected chi connectivity index (χ1v) is 11.3. The maximum atomic E-state index is 13.1. The fraction of sp³-hybridized carbons (Fsp3) is 0.609. The van der Waals surface area contributed by atoms with Crippen LogP contribution in [0.25, 0.3) is 0 Å². The van der Waals surface area contributed by atoms with Gasteiger partial charge in [0, 0.05) is 38.2 Å². The molecule has 0 radical (unpaired) electrons. The average molecular weight is 410 g/mol. The largest absolute Gasteiger partial charge is 0.352 e. The quantitative estimate of drug-likeness (QED) is 0.840. The Hall–Kier alpha value is -2.25. The monoisotopic (exact) mass is 409 g/mol. The van der Waals surface area contributed by atoms with Crippen LogP contribution in [0.1, 0.15) is 50.0 Å². The van der Waals surface area contributed by atoms with Crippen LogP contribution in [0.3, 0.4) is 0 Å². The highest BCUT2D eigenvalue weighted by Gasteiger charge is 2.47. The van der Waals surface area contributed by atoms with Gasteiger partial charge in [0.25, 0.3) is 5.91 Å². The van der Waals surface area contributed by atoms with Gasteiger partial charge in [-0.15, -0.1) is 0 Å². The van der Waals surface area contributed by atoms with Crippen molar-refractivity contribution in [2.75, 3.05) is 25.0 Å². The smallest absolute Gasteiger partial charge is 0.255 e. The number of imidazole rings is 1. The van der Waals surface area contributed by atoms with Crippen molar-refractivity contribution in [3.05, 3.63) is 42.2 Å². The van der Waals surface area contributed by atoms with Gasteiger partial charge in [-0.3, -0.25) is 9.78 Å². The summed E-state index contributed by atoms with van der Waals surface area (Å²) in [6.45, 7) is 5.59. The van der Waals surface area contributed by atoms with E-state index in [2.05, 4.69) is 24.8 Å². The van der Waals surface area contributed by atoms with Crippen LogP contribution in [0.5, 0.6) is 0 Å². The lowest BCUT2D eigenvalue weighted by Gasteiger charge is -2.46. The normalized spacial score (nSPS) is 24.1. The minimum absolute atomic E-state index is 0.113. The molecular formula is C23H31N5O2. The molecule has 1 spiro atoms. The van der Waals surface area contributed by atoms with Crippen molar-refractivity contribution in [3.63, 3.8) is 0 Å². The van der Waals surface area contributed by atoms with Crippen LogP contribution in [-0.2, 0) is 21.7 Å². The first kappa shape index (κ1) is 19.7. The molecule has 2 aromatic rings. The number of pyridine rings is 1. The number of likely N-dealkylation sites (tertiary alicyclic amines) is 1. The third-order valence-corrected chi connectivity index (χ3v) is 7.07. The molecule has 7 nitrogen and oxygen atoms in total. The number of hydrogen-bond acceptors (Lipinski definition) is 5. The lowest BCUT2D eigenvalue weighted by molar-refractivity contribution is -0.170. The summed E-state index contributed by atoms with van der Waals surface area (Å²) in [4.78, 5) is 24.5. The number of piperidine rings is 1. The molecule has 0 bridgehead atoms. The zero-order valence-electron chi connectivity index (χ0n) is 17.7. The van der Waals surface area contributed by atoms with Crippen LogP contribution in [-0.4, -0.2) is 51.1 Å². The van der Waals surface area contributed by atoms with Crippen LogP contribution < -0.4 is 5.32 Å². The van der Waals surface area contributed by atoms with Crippen molar-refractivity contribution in [2.24, 2.45) is 5.92 Å². The summed E-state index contributed by atoms with van der Waals surface area (Å²) in [5.74, 6) is 1.72. The number of nitrogens with one attached hydrogen (secondary N) is 1. The first-order chi connectivity index (χ1) is 14.6. The van der Waals surface area contributed by atoms with Gasteiger partial charge < -0.3 is 19.5 Å². The van der Waals surface area contributed by atoms with Gasteiger partial charge in [0.1, 0.15) is 11.4 Å². The molecule has 2 fully saturated rings. The molecule has 0 aromatic carbocycles. The summed E-state index contributed by atoms with van der Waals surface area (Å²) in [6.07, 6.45) is 12.3. The van der Waals surface area contributed by atoms with Crippen LogP contribution in [0.15, 0.2) is 30.7 Å². The Kier molecular flexibility index (Phi) is 5.33. The average Bonchev–Trinajstić information content (AvgIpc) is 3.44. The summed E-state index contributed by atoms with van der Waals surface area (Å²) >= 11 is 0. The lowest BCUT2D eigenvalue weighted by Crippen LogP contribution is -2.53. The highest BCUT2D eigenvalue weighted by atomic mass is 16.5. The van der Waals surface area contributed by atoms with E-state index in [4.69, 9.17) is 4.74 Å². The number of amides is 1. The molecule has 1 unspecified atom stereocenters. The number of anilines is 1. The zero-order chi connectivity index (χ0) is 20.6. The topological polar surface area (TPSA) is 72.3 Å². The van der Waals surface area contributed by atoms with E-state index >= 15 is 0 Å². The molecule has 1 amide bonds. The number of carbonyl (C=O) groups is 1. The number of hydrogen-bond donors (Lipinski definition) is 1. The fourth-order valence-electron chi connectivity index (χ4n) is 5.36. The summed E-state index contributed by atoms with van der Waals surface area (Å²) < 4.78 is 8.66. The molecule has 4 heterocycles. The van der Waals surface area contributed by atoms with Crippen molar-refractivity contribution >= 4 is 11.6 Å². The lowest BCUT2D eigenvalue weighted by atomic mass is 9.88. The van der Waals surface area contributed by atoms with Crippen molar-refractivity contribution in [2.45, 2.75) is 63.7 Å². The predicted octanol–water partition coefficient (Wildman–Crippen LogP) is 3.11. The van der Waals surface area contributed by atoms with E-state index < -0.39 is 11.7 Å². The third kappa shape index (κ3) is 3.76. The number of rotatable bonds is 4. The van der Waals surface area contributed by atoms with Gasteiger partial charge in [0.2, 0.25) is 0 Å². The molecule has 1 N–H and O–H groups in total. The Bertz CT molecular complexity index is 897. The number of aromatic nitrogens is 3. The second-order valence-corrected chi connectivity index (χ2v) is 9.08. The number of aryl methyl sites for hydroxylation is 1. The Labute approximate surface area is 177 Å². The number of nitrogens with zero attached hydrogens (tertiary/aromatic N) is 4. The number of ether oxygens (including phenoxy) is 1. The summed E-state index contributed by atoms with van der Waals surface area (Å²) in [6, 6.07) is 3.71. The van der Waals surface area contributed by atoms with E-state index in [0.29, 0.717) is 6.54 Å². The second-order valence-electron chi connectivity index (χ2n) is 9.08. The van der Waals surface area contributed by atoms with E-state index in [0.717, 1.165) is 49.1 Å². The maximum absolute atomic E-state index is 13.1. The summed E-state index contributed by atoms with van der Waals surface area (Å²) in [7, 11) is 0. The highest BCUT2D eigenvalue weighted by Crippen LogP contribution is 2.41. The fourth-order valence-corrected chi connectivity index (χ4v) is 5.36. The van der Waals surface area contributed by atoms with Gasteiger partial charge in [-0.25, -0.2) is 4.98 Å². The first-order valence-electron chi connectivity index (χ1n) is 11.3. The molecule has 3 aliphatic rings. The zero-order valence-corrected chi connectivity index (χ0v) is 17.7. The van der Waals surface area contributed by atoms with E-state index in [1.54, 1.807) is 6.20 Å². The Balaban J connectivity index is 1.29. The molecule has 1 saturated heterocycles. The predicted molar refractivity (Wildman–Crippen MR) is 114 cm³/mol. The molecular weight excluding hydrogens is 378 g/mol. The standard InChI is InChI=1S/C23H31N5O2/c1-17-19(7-4-10-24-17)26-21(29)20-16-28-14-11-25-22(28)23(30-20)8-12-27(13-9-23)15-18-5-2-3-6-18/h4,7,10-11,14,18,20H,2-3,5-6,8-9,12-13,15-16H2,1H3,(H,26,29). The van der Waals surface area contributed by atoms with Crippen molar-refractivity contribution in [1.29, 1.82) is 0 Å². The summed E-state index contributed by atoms with van der Waals surface area (Å²) in [5, 5.41) is 3.01. The molecule has 1 saturated carbocycles. The van der Waals surface area contributed by atoms with E-state index in [9.17, 15) is 4.79 Å². The van der Waals surface area contributed by atoms with Gasteiger partial charge in [-0.05, 0) is 50.7 Å². The molecule has 2 aliphatic heterocycles. The number of fused-ring (bicyclic) bond motifs is 2. The van der Waals surface area contributed by atoms with Gasteiger partial charge in [-0.2, -0.15) is 0 Å². The van der Waals surface area contributed by atoms with Crippen LogP contribution in [0.2, 0.25) is 0 Å². The van der Waals surface area contributed by atoms with Gasteiger partial charge in [-0.1, -0.05) is 12.8 Å². The molecule has 30 heavy (non-hydrogen) atoms. The van der Waals surface area contributed by atoms with Crippen LogP contribution in [0, 0.1) is 12.8 Å². The van der Waals surface area contributed by atoms with E-state index in [1.165, 1.54) is 32.2 Å². The highest BCUT2D eigenvalue weighted by molar-refractivity contribution is 5.94. The Morgan fingerprint density at radius 3 is 2.80 bits per heavy atom.